The lowest BCUT2D eigenvalue weighted by Gasteiger charge is -2.12. The van der Waals surface area contributed by atoms with Crippen molar-refractivity contribution in [2.24, 2.45) is 0 Å². The highest BCUT2D eigenvalue weighted by Crippen LogP contribution is 2.32. The molecule has 2 aromatic rings. The molecule has 1 aromatic heterocycles. The van der Waals surface area contributed by atoms with Crippen molar-refractivity contribution >= 4 is 5.97 Å². The van der Waals surface area contributed by atoms with E-state index >= 15 is 0 Å². The molecule has 0 bridgehead atoms. The number of benzene rings is 1. The Bertz CT molecular complexity index is 696. The number of hydrogen-bond acceptors (Lipinski definition) is 3. The summed E-state index contributed by atoms with van der Waals surface area (Å²) in [4.78, 5) is 10.6. The van der Waals surface area contributed by atoms with Crippen LogP contribution >= 0.6 is 0 Å². The quantitative estimate of drug-likeness (QED) is 0.519. The van der Waals surface area contributed by atoms with Gasteiger partial charge in [0.2, 0.25) is 11.6 Å². The maximum atomic E-state index is 13.5. The van der Waals surface area contributed by atoms with Gasteiger partial charge in [-0.05, 0) is 12.1 Å². The molecule has 2 N–H and O–H groups in total. The zero-order valence-electron chi connectivity index (χ0n) is 9.83. The number of aromatic carboxylic acids is 1. The van der Waals surface area contributed by atoms with Gasteiger partial charge in [-0.1, -0.05) is 0 Å². The number of aliphatic hydroxyl groups is 1. The van der Waals surface area contributed by atoms with Crippen LogP contribution in [0, 0.1) is 29.1 Å². The summed E-state index contributed by atoms with van der Waals surface area (Å²) in [6, 6.07) is 1.69. The Kier molecular flexibility index (Phi) is 3.69. The van der Waals surface area contributed by atoms with Crippen LogP contribution in [0.15, 0.2) is 16.5 Å². The molecule has 0 saturated heterocycles. The summed E-state index contributed by atoms with van der Waals surface area (Å²) < 4.78 is 70.4. The first-order valence-corrected chi connectivity index (χ1v) is 5.28. The van der Waals surface area contributed by atoms with E-state index in [0.29, 0.717) is 0 Å². The van der Waals surface area contributed by atoms with E-state index in [4.69, 9.17) is 5.11 Å². The molecule has 4 nitrogen and oxygen atoms in total. The highest BCUT2D eigenvalue weighted by Gasteiger charge is 2.31. The predicted molar refractivity (Wildman–Crippen MR) is 56.0 cm³/mol. The van der Waals surface area contributed by atoms with Gasteiger partial charge in [0.1, 0.15) is 11.9 Å². The average Bonchev–Trinajstić information content (AvgIpc) is 2.93. The van der Waals surface area contributed by atoms with Crippen LogP contribution in [0.5, 0.6) is 0 Å². The first-order valence-electron chi connectivity index (χ1n) is 5.28. The molecule has 0 aliphatic rings. The molecular formula is C12H5F5O4. The fourth-order valence-electron chi connectivity index (χ4n) is 1.62. The van der Waals surface area contributed by atoms with Crippen LogP contribution in [0.4, 0.5) is 22.0 Å². The third-order valence-corrected chi connectivity index (χ3v) is 2.62. The SMILES string of the molecule is O=C(O)c1ccc(C(O)c2c(F)c(F)c(F)c(F)c2F)o1. The molecule has 0 fully saturated rings. The van der Waals surface area contributed by atoms with E-state index in [1.807, 2.05) is 0 Å². The molecule has 2 rings (SSSR count). The van der Waals surface area contributed by atoms with Crippen molar-refractivity contribution in [1.82, 2.24) is 0 Å². The summed E-state index contributed by atoms with van der Waals surface area (Å²) in [6.07, 6.45) is -2.36. The van der Waals surface area contributed by atoms with E-state index in [1.54, 1.807) is 0 Å². The first-order chi connectivity index (χ1) is 9.75. The summed E-state index contributed by atoms with van der Waals surface area (Å²) >= 11 is 0. The van der Waals surface area contributed by atoms with Gasteiger partial charge in [0.05, 0.1) is 5.56 Å². The minimum Gasteiger partial charge on any atom is -0.475 e. The van der Waals surface area contributed by atoms with Gasteiger partial charge in [-0.3, -0.25) is 0 Å². The van der Waals surface area contributed by atoms with E-state index < -0.39 is 58.2 Å². The monoisotopic (exact) mass is 308 g/mol. The average molecular weight is 308 g/mol. The summed E-state index contributed by atoms with van der Waals surface area (Å²) in [7, 11) is 0. The van der Waals surface area contributed by atoms with Crippen molar-refractivity contribution in [2.75, 3.05) is 0 Å². The topological polar surface area (TPSA) is 70.7 Å². The number of aliphatic hydroxyl groups excluding tert-OH is 1. The van der Waals surface area contributed by atoms with Gasteiger partial charge < -0.3 is 14.6 Å². The van der Waals surface area contributed by atoms with Crippen LogP contribution in [0.25, 0.3) is 0 Å². The summed E-state index contributed by atoms with van der Waals surface area (Å²) in [5.74, 6) is -14.2. The van der Waals surface area contributed by atoms with Crippen LogP contribution in [-0.2, 0) is 0 Å². The van der Waals surface area contributed by atoms with Crippen molar-refractivity contribution in [1.29, 1.82) is 0 Å². The fourth-order valence-corrected chi connectivity index (χ4v) is 1.62. The number of rotatable bonds is 3. The molecule has 1 heterocycles. The van der Waals surface area contributed by atoms with Crippen LogP contribution in [0.1, 0.15) is 28.0 Å². The summed E-state index contributed by atoms with van der Waals surface area (Å²) in [6.45, 7) is 0. The Balaban J connectivity index is 2.57. The number of carbonyl (C=O) groups is 1. The standard InChI is InChI=1S/C12H5F5O4/c13-6-5(7(14)9(16)10(17)8(6)15)11(18)3-1-2-4(21-3)12(19)20/h1-2,11,18H,(H,19,20). The van der Waals surface area contributed by atoms with Crippen LogP contribution in [-0.4, -0.2) is 16.2 Å². The highest BCUT2D eigenvalue weighted by molar-refractivity contribution is 5.84. The van der Waals surface area contributed by atoms with Gasteiger partial charge in [-0.25, -0.2) is 26.7 Å². The van der Waals surface area contributed by atoms with E-state index in [-0.39, 0.29) is 0 Å². The maximum absolute atomic E-state index is 13.5. The number of halogens is 5. The normalized spacial score (nSPS) is 12.5. The lowest BCUT2D eigenvalue weighted by Crippen LogP contribution is -2.12. The molecule has 9 heteroatoms. The lowest BCUT2D eigenvalue weighted by atomic mass is 10.0. The zero-order valence-corrected chi connectivity index (χ0v) is 9.83. The van der Waals surface area contributed by atoms with Gasteiger partial charge in [0.25, 0.3) is 0 Å². The number of furan rings is 1. The molecule has 0 aliphatic carbocycles. The van der Waals surface area contributed by atoms with Gasteiger partial charge in [-0.2, -0.15) is 0 Å². The van der Waals surface area contributed by atoms with Crippen molar-refractivity contribution in [3.8, 4) is 0 Å². The second-order valence-corrected chi connectivity index (χ2v) is 3.89. The molecule has 1 aromatic carbocycles. The van der Waals surface area contributed by atoms with Gasteiger partial charge >= 0.3 is 5.97 Å². The summed E-state index contributed by atoms with van der Waals surface area (Å²) in [5.41, 5.74) is -1.53. The Labute approximate surface area is 113 Å². The molecule has 1 atom stereocenters. The van der Waals surface area contributed by atoms with Gasteiger partial charge in [0.15, 0.2) is 23.3 Å². The van der Waals surface area contributed by atoms with Crippen molar-refractivity contribution < 1.29 is 41.4 Å². The van der Waals surface area contributed by atoms with Crippen LogP contribution < -0.4 is 0 Å². The van der Waals surface area contributed by atoms with Crippen molar-refractivity contribution in [3.05, 3.63) is 58.3 Å². The Morgan fingerprint density at radius 1 is 0.952 bits per heavy atom. The van der Waals surface area contributed by atoms with Crippen LogP contribution in [0.3, 0.4) is 0 Å². The minimum absolute atomic E-state index is 0.673. The number of hydrogen-bond donors (Lipinski definition) is 2. The molecular weight excluding hydrogens is 303 g/mol. The van der Waals surface area contributed by atoms with E-state index in [2.05, 4.69) is 4.42 Å². The molecule has 0 saturated carbocycles. The molecule has 0 amide bonds. The first kappa shape index (κ1) is 15.0. The Hall–Kier alpha value is -2.42. The third-order valence-electron chi connectivity index (χ3n) is 2.62. The minimum atomic E-state index is -2.37. The molecule has 0 radical (unpaired) electrons. The van der Waals surface area contributed by atoms with Gasteiger partial charge in [0, 0.05) is 0 Å². The molecule has 21 heavy (non-hydrogen) atoms. The predicted octanol–water partition coefficient (Wildman–Crippen LogP) is 2.76. The Morgan fingerprint density at radius 2 is 1.43 bits per heavy atom. The Morgan fingerprint density at radius 3 is 1.86 bits per heavy atom. The third kappa shape index (κ3) is 2.35. The number of carboxylic acid groups (broad SMARTS) is 1. The fraction of sp³-hybridized carbons (Fsp3) is 0.0833. The molecule has 112 valence electrons. The maximum Gasteiger partial charge on any atom is 0.371 e. The van der Waals surface area contributed by atoms with Crippen molar-refractivity contribution in [3.63, 3.8) is 0 Å². The number of carboxylic acids is 1. The second kappa shape index (κ2) is 5.17. The zero-order chi connectivity index (χ0) is 15.9. The lowest BCUT2D eigenvalue weighted by molar-refractivity contribution is 0.0654. The smallest absolute Gasteiger partial charge is 0.371 e. The van der Waals surface area contributed by atoms with E-state index in [9.17, 15) is 31.9 Å². The molecule has 1 unspecified atom stereocenters. The van der Waals surface area contributed by atoms with Crippen LogP contribution in [0.2, 0.25) is 0 Å². The van der Waals surface area contributed by atoms with Gasteiger partial charge in [-0.15, -0.1) is 0 Å². The molecule has 0 spiro atoms. The summed E-state index contributed by atoms with van der Waals surface area (Å²) in [5, 5.41) is 18.3. The van der Waals surface area contributed by atoms with E-state index in [0.717, 1.165) is 12.1 Å². The molecule has 0 aliphatic heterocycles. The second-order valence-electron chi connectivity index (χ2n) is 3.89. The van der Waals surface area contributed by atoms with Crippen molar-refractivity contribution in [2.45, 2.75) is 6.10 Å². The van der Waals surface area contributed by atoms with E-state index in [1.165, 1.54) is 0 Å². The largest absolute Gasteiger partial charge is 0.475 e. The highest BCUT2D eigenvalue weighted by atomic mass is 19.2.